The van der Waals surface area contributed by atoms with E-state index in [4.69, 9.17) is 0 Å². The lowest BCUT2D eigenvalue weighted by atomic mass is 9.69. The molecule has 1 heterocycles. The summed E-state index contributed by atoms with van der Waals surface area (Å²) in [5, 5.41) is 3.37. The van der Waals surface area contributed by atoms with Gasteiger partial charge in [0.15, 0.2) is 0 Å². The van der Waals surface area contributed by atoms with E-state index in [0.29, 0.717) is 11.7 Å². The Labute approximate surface area is 99.2 Å². The predicted molar refractivity (Wildman–Crippen MR) is 66.3 cm³/mol. The highest BCUT2D eigenvalue weighted by Gasteiger charge is 2.43. The molecule has 0 amide bonds. The zero-order valence-corrected chi connectivity index (χ0v) is 10.7. The van der Waals surface area contributed by atoms with Gasteiger partial charge in [-0.05, 0) is 38.1 Å². The van der Waals surface area contributed by atoms with E-state index < -0.39 is 0 Å². The second kappa shape index (κ2) is 4.87. The maximum Gasteiger partial charge on any atom is 0.143 e. The van der Waals surface area contributed by atoms with E-state index >= 15 is 0 Å². The molecule has 0 aromatic heterocycles. The highest BCUT2D eigenvalue weighted by molar-refractivity contribution is 5.87. The van der Waals surface area contributed by atoms with E-state index in [1.807, 2.05) is 0 Å². The van der Waals surface area contributed by atoms with Crippen LogP contribution in [0.25, 0.3) is 0 Å². The minimum absolute atomic E-state index is 0.0122. The molecule has 0 aromatic rings. The van der Waals surface area contributed by atoms with Gasteiger partial charge in [-0.1, -0.05) is 26.7 Å². The molecule has 2 fully saturated rings. The van der Waals surface area contributed by atoms with E-state index in [-0.39, 0.29) is 5.41 Å². The summed E-state index contributed by atoms with van der Waals surface area (Å²) in [6, 6.07) is 0. The van der Waals surface area contributed by atoms with Crippen LogP contribution in [-0.2, 0) is 4.79 Å². The Morgan fingerprint density at radius 3 is 2.81 bits per heavy atom. The van der Waals surface area contributed by atoms with Gasteiger partial charge in [-0.2, -0.15) is 0 Å². The normalized spacial score (nSPS) is 39.9. The van der Waals surface area contributed by atoms with E-state index in [2.05, 4.69) is 19.2 Å². The standard InChI is InChI=1S/C14H25NO/c1-3-14(7-8-15-10-14)13(16)12-6-4-5-11(2)9-12/h11-12,15H,3-10H2,1-2H3. The van der Waals surface area contributed by atoms with Crippen molar-refractivity contribution in [3.63, 3.8) is 0 Å². The van der Waals surface area contributed by atoms with Gasteiger partial charge in [-0.3, -0.25) is 4.79 Å². The molecule has 0 radical (unpaired) electrons. The molecule has 2 aliphatic rings. The van der Waals surface area contributed by atoms with E-state index in [1.54, 1.807) is 0 Å². The van der Waals surface area contributed by atoms with Crippen molar-refractivity contribution < 1.29 is 4.79 Å². The van der Waals surface area contributed by atoms with Crippen LogP contribution in [0.15, 0.2) is 0 Å². The first-order valence-electron chi connectivity index (χ1n) is 6.93. The highest BCUT2D eigenvalue weighted by Crippen LogP contribution is 2.39. The van der Waals surface area contributed by atoms with Crippen LogP contribution in [0.3, 0.4) is 0 Å². The molecule has 2 nitrogen and oxygen atoms in total. The Balaban J connectivity index is 2.04. The molecule has 2 heteroatoms. The molecule has 3 unspecified atom stereocenters. The largest absolute Gasteiger partial charge is 0.316 e. The second-order valence-corrected chi connectivity index (χ2v) is 5.89. The average Bonchev–Trinajstić information content (AvgIpc) is 2.78. The maximum absolute atomic E-state index is 12.7. The quantitative estimate of drug-likeness (QED) is 0.797. The Hall–Kier alpha value is -0.370. The van der Waals surface area contributed by atoms with Gasteiger partial charge < -0.3 is 5.32 Å². The molecule has 1 saturated carbocycles. The van der Waals surface area contributed by atoms with Crippen molar-refractivity contribution in [2.24, 2.45) is 17.3 Å². The Bertz CT molecular complexity index is 255. The fourth-order valence-electron chi connectivity index (χ4n) is 3.54. The molecule has 16 heavy (non-hydrogen) atoms. The third kappa shape index (κ3) is 2.17. The van der Waals surface area contributed by atoms with Crippen molar-refractivity contribution in [1.82, 2.24) is 5.32 Å². The van der Waals surface area contributed by atoms with Crippen molar-refractivity contribution in [3.8, 4) is 0 Å². The summed E-state index contributed by atoms with van der Waals surface area (Å²) in [5.74, 6) is 1.70. The van der Waals surface area contributed by atoms with Crippen molar-refractivity contribution in [3.05, 3.63) is 0 Å². The number of carbonyl (C=O) groups is 1. The summed E-state index contributed by atoms with van der Waals surface area (Å²) in [4.78, 5) is 12.7. The van der Waals surface area contributed by atoms with E-state index in [9.17, 15) is 4.79 Å². The number of hydrogen-bond donors (Lipinski definition) is 1. The fraction of sp³-hybridized carbons (Fsp3) is 0.929. The minimum Gasteiger partial charge on any atom is -0.316 e. The van der Waals surface area contributed by atoms with Crippen molar-refractivity contribution in [2.45, 2.75) is 52.4 Å². The second-order valence-electron chi connectivity index (χ2n) is 5.89. The van der Waals surface area contributed by atoms with Gasteiger partial charge in [0.05, 0.1) is 0 Å². The average molecular weight is 223 g/mol. The van der Waals surface area contributed by atoms with Crippen LogP contribution in [0.5, 0.6) is 0 Å². The van der Waals surface area contributed by atoms with Gasteiger partial charge in [-0.25, -0.2) is 0 Å². The maximum atomic E-state index is 12.7. The van der Waals surface area contributed by atoms with Gasteiger partial charge in [0.25, 0.3) is 0 Å². The fourth-order valence-corrected chi connectivity index (χ4v) is 3.54. The van der Waals surface area contributed by atoms with Crippen LogP contribution in [0.2, 0.25) is 0 Å². The van der Waals surface area contributed by atoms with Crippen LogP contribution in [-0.4, -0.2) is 18.9 Å². The van der Waals surface area contributed by atoms with Gasteiger partial charge in [0, 0.05) is 17.9 Å². The molecule has 0 spiro atoms. The van der Waals surface area contributed by atoms with Gasteiger partial charge >= 0.3 is 0 Å². The highest BCUT2D eigenvalue weighted by atomic mass is 16.1. The summed E-state index contributed by atoms with van der Waals surface area (Å²) < 4.78 is 0. The van der Waals surface area contributed by atoms with Crippen molar-refractivity contribution >= 4 is 5.78 Å². The first kappa shape index (κ1) is 12.1. The molecule has 3 atom stereocenters. The zero-order valence-electron chi connectivity index (χ0n) is 10.7. The van der Waals surface area contributed by atoms with Crippen LogP contribution < -0.4 is 5.32 Å². The molecule has 0 aromatic carbocycles. The smallest absolute Gasteiger partial charge is 0.143 e. The van der Waals surface area contributed by atoms with Gasteiger partial charge in [0.2, 0.25) is 0 Å². The first-order valence-corrected chi connectivity index (χ1v) is 6.93. The SMILES string of the molecule is CCC1(C(=O)C2CCCC(C)C2)CCNC1. The number of Topliss-reactive ketones (excluding diaryl/α,β-unsaturated/α-hetero) is 1. The number of rotatable bonds is 3. The predicted octanol–water partition coefficient (Wildman–Crippen LogP) is 2.77. The summed E-state index contributed by atoms with van der Waals surface area (Å²) in [5.41, 5.74) is -0.0122. The summed E-state index contributed by atoms with van der Waals surface area (Å²) in [6.45, 7) is 6.43. The molecule has 1 aliphatic heterocycles. The van der Waals surface area contributed by atoms with Crippen molar-refractivity contribution in [1.29, 1.82) is 0 Å². The minimum atomic E-state index is -0.0122. The number of ketones is 1. The summed E-state index contributed by atoms with van der Waals surface area (Å²) in [7, 11) is 0. The molecule has 92 valence electrons. The molecule has 2 rings (SSSR count). The van der Waals surface area contributed by atoms with Crippen molar-refractivity contribution in [2.75, 3.05) is 13.1 Å². The topological polar surface area (TPSA) is 29.1 Å². The molecule has 1 N–H and O–H groups in total. The van der Waals surface area contributed by atoms with Crippen LogP contribution >= 0.6 is 0 Å². The third-order valence-electron chi connectivity index (χ3n) is 4.75. The molecule has 1 aliphatic carbocycles. The molecular formula is C14H25NO. The lowest BCUT2D eigenvalue weighted by Gasteiger charge is -2.33. The molecule has 0 bridgehead atoms. The van der Waals surface area contributed by atoms with E-state index in [1.165, 1.54) is 12.8 Å². The summed E-state index contributed by atoms with van der Waals surface area (Å²) in [6.07, 6.45) is 6.94. The number of carbonyl (C=O) groups excluding carboxylic acids is 1. The number of nitrogens with one attached hydrogen (secondary N) is 1. The lowest BCUT2D eigenvalue weighted by Crippen LogP contribution is -2.39. The van der Waals surface area contributed by atoms with Crippen LogP contribution in [0, 0.1) is 17.3 Å². The Morgan fingerprint density at radius 2 is 2.25 bits per heavy atom. The van der Waals surface area contributed by atoms with Crippen LogP contribution in [0.1, 0.15) is 52.4 Å². The lowest BCUT2D eigenvalue weighted by molar-refractivity contribution is -0.133. The van der Waals surface area contributed by atoms with Gasteiger partial charge in [-0.15, -0.1) is 0 Å². The zero-order chi connectivity index (χ0) is 11.6. The Kier molecular flexibility index (Phi) is 3.68. The summed E-state index contributed by atoms with van der Waals surface area (Å²) >= 11 is 0. The van der Waals surface area contributed by atoms with Crippen LogP contribution in [0.4, 0.5) is 0 Å². The first-order chi connectivity index (χ1) is 7.68. The molecule has 1 saturated heterocycles. The molecular weight excluding hydrogens is 198 g/mol. The third-order valence-corrected chi connectivity index (χ3v) is 4.75. The monoisotopic (exact) mass is 223 g/mol. The van der Waals surface area contributed by atoms with Gasteiger partial charge in [0.1, 0.15) is 5.78 Å². The Morgan fingerprint density at radius 1 is 1.44 bits per heavy atom. The number of hydrogen-bond acceptors (Lipinski definition) is 2. The van der Waals surface area contributed by atoms with E-state index in [0.717, 1.165) is 44.7 Å².